The maximum atomic E-state index is 12.6. The fourth-order valence-corrected chi connectivity index (χ4v) is 5.12. The lowest BCUT2D eigenvalue weighted by molar-refractivity contribution is -0.115. The van der Waals surface area contributed by atoms with Crippen molar-refractivity contribution in [3.63, 3.8) is 0 Å². The van der Waals surface area contributed by atoms with E-state index in [1.807, 2.05) is 30.3 Å². The van der Waals surface area contributed by atoms with Gasteiger partial charge in [0.05, 0.1) is 17.7 Å². The fraction of sp³-hybridized carbons (Fsp3) is 0.360. The highest BCUT2D eigenvalue weighted by molar-refractivity contribution is 8.18. The third kappa shape index (κ3) is 4.22. The van der Waals surface area contributed by atoms with Gasteiger partial charge in [-0.15, -0.1) is 0 Å². The van der Waals surface area contributed by atoms with Gasteiger partial charge >= 0.3 is 0 Å². The van der Waals surface area contributed by atoms with Crippen molar-refractivity contribution in [3.05, 3.63) is 58.0 Å². The van der Waals surface area contributed by atoms with Crippen molar-refractivity contribution in [2.24, 2.45) is 4.99 Å². The topological polar surface area (TPSA) is 53.9 Å². The molecule has 0 aliphatic carbocycles. The van der Waals surface area contributed by atoms with E-state index in [-0.39, 0.29) is 11.4 Å². The Morgan fingerprint density at radius 3 is 2.65 bits per heavy atom. The number of ether oxygens (including phenoxy) is 1. The molecule has 0 spiro atoms. The van der Waals surface area contributed by atoms with Crippen LogP contribution in [0.2, 0.25) is 0 Å². The Labute approximate surface area is 188 Å². The zero-order valence-corrected chi connectivity index (χ0v) is 19.8. The third-order valence-corrected chi connectivity index (χ3v) is 7.17. The summed E-state index contributed by atoms with van der Waals surface area (Å²) in [7, 11) is 3.80. The van der Waals surface area contributed by atoms with Crippen LogP contribution in [-0.4, -0.2) is 30.8 Å². The highest BCUT2D eigenvalue weighted by atomic mass is 32.2. The molecule has 0 bridgehead atoms. The van der Waals surface area contributed by atoms with Crippen molar-refractivity contribution in [3.8, 4) is 5.75 Å². The normalized spacial score (nSPS) is 22.6. The van der Waals surface area contributed by atoms with Crippen LogP contribution < -0.4 is 15.0 Å². The summed E-state index contributed by atoms with van der Waals surface area (Å²) in [5.74, 6) is 1.13. The van der Waals surface area contributed by atoms with Gasteiger partial charge in [0.2, 0.25) is 0 Å². The SMILES string of the molecule is COc1ccc(N=C2NC(=O)/C(=C\c3cc4c(cc3C)N(C)C(C)(C)CC4C)S2)cc1. The van der Waals surface area contributed by atoms with Crippen LogP contribution >= 0.6 is 11.8 Å². The summed E-state index contributed by atoms with van der Waals surface area (Å²) in [5.41, 5.74) is 5.78. The molecule has 1 saturated heterocycles. The first kappa shape index (κ1) is 21.5. The number of rotatable bonds is 3. The average Bonchev–Trinajstić information content (AvgIpc) is 3.06. The van der Waals surface area contributed by atoms with E-state index in [1.54, 1.807) is 7.11 Å². The zero-order valence-electron chi connectivity index (χ0n) is 18.9. The predicted octanol–water partition coefficient (Wildman–Crippen LogP) is 5.62. The van der Waals surface area contributed by atoms with Crippen LogP contribution in [0.5, 0.6) is 5.75 Å². The van der Waals surface area contributed by atoms with Crippen molar-refractivity contribution in [1.82, 2.24) is 5.32 Å². The molecule has 2 aromatic rings. The Balaban J connectivity index is 1.62. The van der Waals surface area contributed by atoms with E-state index in [2.05, 4.69) is 62.1 Å². The quantitative estimate of drug-likeness (QED) is 0.636. The molecule has 2 aliphatic heterocycles. The smallest absolute Gasteiger partial charge is 0.264 e. The number of hydrogen-bond acceptors (Lipinski definition) is 5. The molecular formula is C25H29N3O2S. The van der Waals surface area contributed by atoms with Crippen molar-refractivity contribution in [1.29, 1.82) is 0 Å². The predicted molar refractivity (Wildman–Crippen MR) is 130 cm³/mol. The van der Waals surface area contributed by atoms with E-state index in [0.717, 1.165) is 29.0 Å². The van der Waals surface area contributed by atoms with Gasteiger partial charge in [-0.05, 0) is 104 Å². The van der Waals surface area contributed by atoms with Gasteiger partial charge in [0, 0.05) is 18.3 Å². The highest BCUT2D eigenvalue weighted by Gasteiger charge is 2.34. The Hall–Kier alpha value is -2.73. The Morgan fingerprint density at radius 1 is 1.26 bits per heavy atom. The number of benzene rings is 2. The van der Waals surface area contributed by atoms with Crippen molar-refractivity contribution in [2.75, 3.05) is 19.1 Å². The first-order chi connectivity index (χ1) is 14.7. The molecular weight excluding hydrogens is 406 g/mol. The number of anilines is 1. The van der Waals surface area contributed by atoms with Gasteiger partial charge in [-0.3, -0.25) is 4.79 Å². The van der Waals surface area contributed by atoms with E-state index < -0.39 is 0 Å². The fourth-order valence-electron chi connectivity index (χ4n) is 4.29. The monoisotopic (exact) mass is 435 g/mol. The second kappa shape index (κ2) is 8.08. The zero-order chi connectivity index (χ0) is 22.3. The molecule has 2 aromatic carbocycles. The number of amides is 1. The summed E-state index contributed by atoms with van der Waals surface area (Å²) in [6.45, 7) is 8.98. The lowest BCUT2D eigenvalue weighted by atomic mass is 9.79. The number of aliphatic imine (C=N–C) groups is 1. The molecule has 1 fully saturated rings. The lowest BCUT2D eigenvalue weighted by Crippen LogP contribution is -2.45. The number of aryl methyl sites for hydroxylation is 1. The van der Waals surface area contributed by atoms with E-state index in [9.17, 15) is 4.79 Å². The molecule has 162 valence electrons. The third-order valence-electron chi connectivity index (χ3n) is 6.26. The molecule has 1 N–H and O–H groups in total. The standard InChI is InChI=1S/C25H29N3O2S/c1-15-11-21-20(16(2)14-25(3,4)28(21)5)12-17(15)13-22-23(29)27-24(31-22)26-18-7-9-19(30-6)10-8-18/h7-13,16H,14H2,1-6H3,(H,26,27,29)/b22-13+. The molecule has 2 heterocycles. The van der Waals surface area contributed by atoms with Crippen LogP contribution in [0.15, 0.2) is 46.3 Å². The van der Waals surface area contributed by atoms with Gasteiger partial charge < -0.3 is 15.0 Å². The average molecular weight is 436 g/mol. The molecule has 1 unspecified atom stereocenters. The number of amidine groups is 1. The molecule has 1 amide bonds. The van der Waals surface area contributed by atoms with Crippen molar-refractivity contribution < 1.29 is 9.53 Å². The number of carbonyl (C=O) groups is 1. The second-order valence-electron chi connectivity index (χ2n) is 8.92. The van der Waals surface area contributed by atoms with Gasteiger partial charge in [0.15, 0.2) is 5.17 Å². The maximum absolute atomic E-state index is 12.6. The summed E-state index contributed by atoms with van der Waals surface area (Å²) in [4.78, 5) is 20.2. The molecule has 0 radical (unpaired) electrons. The minimum atomic E-state index is -0.110. The Kier molecular flexibility index (Phi) is 5.60. The largest absolute Gasteiger partial charge is 0.497 e. The molecule has 0 saturated carbocycles. The van der Waals surface area contributed by atoms with Gasteiger partial charge in [-0.2, -0.15) is 0 Å². The molecule has 0 aromatic heterocycles. The minimum Gasteiger partial charge on any atom is -0.497 e. The van der Waals surface area contributed by atoms with Crippen LogP contribution in [0.4, 0.5) is 11.4 Å². The summed E-state index contributed by atoms with van der Waals surface area (Å²) in [6, 6.07) is 11.9. The number of fused-ring (bicyclic) bond motifs is 1. The Morgan fingerprint density at radius 2 is 1.97 bits per heavy atom. The molecule has 2 aliphatic rings. The van der Waals surface area contributed by atoms with E-state index in [1.165, 1.54) is 23.0 Å². The molecule has 4 rings (SSSR count). The first-order valence-corrected chi connectivity index (χ1v) is 11.3. The van der Waals surface area contributed by atoms with Gasteiger partial charge in [0.25, 0.3) is 5.91 Å². The van der Waals surface area contributed by atoms with Crippen LogP contribution in [0.3, 0.4) is 0 Å². The Bertz CT molecular complexity index is 1090. The number of hydrogen-bond donors (Lipinski definition) is 1. The number of nitrogens with zero attached hydrogens (tertiary/aromatic N) is 2. The molecule has 5 nitrogen and oxygen atoms in total. The van der Waals surface area contributed by atoms with Crippen LogP contribution in [0.1, 0.15) is 49.8 Å². The van der Waals surface area contributed by atoms with Crippen molar-refractivity contribution in [2.45, 2.75) is 45.6 Å². The van der Waals surface area contributed by atoms with Gasteiger partial charge in [-0.1, -0.05) is 6.92 Å². The van der Waals surface area contributed by atoms with E-state index in [4.69, 9.17) is 4.74 Å². The van der Waals surface area contributed by atoms with Crippen LogP contribution in [0.25, 0.3) is 6.08 Å². The summed E-state index contributed by atoms with van der Waals surface area (Å²) in [6.07, 6.45) is 3.09. The lowest BCUT2D eigenvalue weighted by Gasteiger charge is -2.45. The van der Waals surface area contributed by atoms with Crippen LogP contribution in [0, 0.1) is 6.92 Å². The summed E-state index contributed by atoms with van der Waals surface area (Å²) >= 11 is 1.37. The number of methoxy groups -OCH3 is 1. The molecule has 6 heteroatoms. The molecule has 31 heavy (non-hydrogen) atoms. The molecule has 1 atom stereocenters. The van der Waals surface area contributed by atoms with Gasteiger partial charge in [-0.25, -0.2) is 4.99 Å². The maximum Gasteiger partial charge on any atom is 0.264 e. The summed E-state index contributed by atoms with van der Waals surface area (Å²) in [5, 5.41) is 3.47. The minimum absolute atomic E-state index is 0.110. The summed E-state index contributed by atoms with van der Waals surface area (Å²) < 4.78 is 5.18. The van der Waals surface area contributed by atoms with E-state index in [0.29, 0.717) is 16.0 Å². The second-order valence-corrected chi connectivity index (χ2v) is 9.95. The number of carbonyl (C=O) groups excluding carboxylic acids is 1. The first-order valence-electron chi connectivity index (χ1n) is 10.5. The van der Waals surface area contributed by atoms with Crippen molar-refractivity contribution >= 4 is 40.3 Å². The van der Waals surface area contributed by atoms with E-state index >= 15 is 0 Å². The van der Waals surface area contributed by atoms with Crippen LogP contribution in [-0.2, 0) is 4.79 Å². The highest BCUT2D eigenvalue weighted by Crippen LogP contribution is 2.44. The number of thioether (sulfide) groups is 1. The number of nitrogens with one attached hydrogen (secondary N) is 1. The van der Waals surface area contributed by atoms with Gasteiger partial charge in [0.1, 0.15) is 5.75 Å².